The highest BCUT2D eigenvalue weighted by Gasteiger charge is 2.00. The molecule has 0 N–H and O–H groups in total. The maximum atomic E-state index is 10.3. The molecule has 0 amide bonds. The SMILES string of the molecule is [O+2].[O-]c1ccccc1[O-]. The third-order valence-electron chi connectivity index (χ3n) is 0.849. The van der Waals surface area contributed by atoms with E-state index in [-0.39, 0.29) is 5.48 Å². The summed E-state index contributed by atoms with van der Waals surface area (Å²) in [6.07, 6.45) is 0. The van der Waals surface area contributed by atoms with Gasteiger partial charge < -0.3 is 10.2 Å². The number of para-hydroxylation sites is 2. The normalized spacial score (nSPS) is 8.00. The fourth-order valence-electron chi connectivity index (χ4n) is 0.450. The van der Waals surface area contributed by atoms with Gasteiger partial charge in [-0.3, -0.25) is 0 Å². The average molecular weight is 124 g/mol. The number of rotatable bonds is 0. The maximum absolute atomic E-state index is 10.3. The summed E-state index contributed by atoms with van der Waals surface area (Å²) in [5, 5.41) is 20.6. The summed E-state index contributed by atoms with van der Waals surface area (Å²) in [5.74, 6) is -0.875. The zero-order valence-corrected chi connectivity index (χ0v) is 4.53. The molecule has 0 saturated carbocycles. The second-order valence-corrected chi connectivity index (χ2v) is 1.45. The van der Waals surface area contributed by atoms with E-state index >= 15 is 0 Å². The summed E-state index contributed by atoms with van der Waals surface area (Å²) in [6.45, 7) is 0. The molecule has 4 radical (unpaired) electrons. The van der Waals surface area contributed by atoms with E-state index in [0.717, 1.165) is 0 Å². The molecule has 0 saturated heterocycles. The second-order valence-electron chi connectivity index (χ2n) is 1.45. The highest BCUT2D eigenvalue weighted by atomic mass is 16.3. The topological polar surface area (TPSA) is 74.6 Å². The number of hydrogen-bond acceptors (Lipinski definition) is 2. The van der Waals surface area contributed by atoms with Gasteiger partial charge in [0.25, 0.3) is 0 Å². The molecule has 0 atom stereocenters. The van der Waals surface area contributed by atoms with Gasteiger partial charge >= 0.3 is 5.48 Å². The van der Waals surface area contributed by atoms with Crippen LogP contribution in [-0.4, -0.2) is 0 Å². The first-order valence-electron chi connectivity index (χ1n) is 2.24. The van der Waals surface area contributed by atoms with Crippen molar-refractivity contribution >= 4 is 0 Å². The van der Waals surface area contributed by atoms with Crippen LogP contribution in [0.15, 0.2) is 24.3 Å². The first kappa shape index (κ1) is 7.78. The van der Waals surface area contributed by atoms with Crippen molar-refractivity contribution < 1.29 is 15.7 Å². The molecule has 1 aromatic carbocycles. The fraction of sp³-hybridized carbons (Fsp3) is 0. The van der Waals surface area contributed by atoms with Crippen molar-refractivity contribution in [2.45, 2.75) is 0 Å². The minimum Gasteiger partial charge on any atom is -0.873 e. The molecule has 0 fully saturated rings. The van der Waals surface area contributed by atoms with Crippen LogP contribution < -0.4 is 10.2 Å². The molecule has 1 rings (SSSR count). The van der Waals surface area contributed by atoms with E-state index in [0.29, 0.717) is 0 Å². The van der Waals surface area contributed by atoms with Crippen LogP contribution in [-0.2, 0) is 5.48 Å². The largest absolute Gasteiger partial charge is 2.00 e. The Labute approximate surface area is 52.5 Å². The highest BCUT2D eigenvalue weighted by molar-refractivity contribution is 5.33. The Morgan fingerprint density at radius 2 is 1.22 bits per heavy atom. The van der Waals surface area contributed by atoms with Gasteiger partial charge in [0, 0.05) is 0 Å². The molecule has 0 bridgehead atoms. The van der Waals surface area contributed by atoms with Gasteiger partial charge in [-0.15, -0.1) is 11.5 Å². The molecular weight excluding hydrogens is 120 g/mol. The van der Waals surface area contributed by atoms with Crippen LogP contribution in [0.5, 0.6) is 11.5 Å². The van der Waals surface area contributed by atoms with E-state index in [1.165, 1.54) is 12.1 Å². The summed E-state index contributed by atoms with van der Waals surface area (Å²) in [6, 6.07) is 5.60. The molecule has 0 aliphatic rings. The van der Waals surface area contributed by atoms with Gasteiger partial charge in [-0.25, -0.2) is 0 Å². The second kappa shape index (κ2) is 2.94. The molecule has 0 aliphatic carbocycles. The minimum absolute atomic E-state index is 0. The summed E-state index contributed by atoms with van der Waals surface area (Å²) < 4.78 is 0. The molecule has 1 aromatic rings. The third kappa shape index (κ3) is 1.62. The lowest BCUT2D eigenvalue weighted by Crippen LogP contribution is -1.97. The molecule has 0 unspecified atom stereocenters. The van der Waals surface area contributed by atoms with E-state index in [2.05, 4.69) is 0 Å². The van der Waals surface area contributed by atoms with E-state index in [1.807, 2.05) is 0 Å². The highest BCUT2D eigenvalue weighted by Crippen LogP contribution is 2.14. The van der Waals surface area contributed by atoms with Gasteiger partial charge in [-0.1, -0.05) is 24.3 Å². The quantitative estimate of drug-likeness (QED) is 0.476. The Morgan fingerprint density at radius 3 is 1.44 bits per heavy atom. The molecule has 0 aliphatic heterocycles. The van der Waals surface area contributed by atoms with Crippen molar-refractivity contribution in [2.24, 2.45) is 0 Å². The molecule has 0 spiro atoms. The first-order chi connectivity index (χ1) is 3.80. The van der Waals surface area contributed by atoms with Gasteiger partial charge in [-0.05, 0) is 0 Å². The Kier molecular flexibility index (Phi) is 2.54. The molecule has 3 heteroatoms. The van der Waals surface area contributed by atoms with Crippen molar-refractivity contribution in [3.8, 4) is 11.5 Å². The standard InChI is InChI=1S/C6H6O2.O/c7-5-3-1-2-4-6(5)8;/h1-4,7-8H;/q;+2/p-2. The molecule has 0 heterocycles. The van der Waals surface area contributed by atoms with Crippen molar-refractivity contribution in [1.29, 1.82) is 0 Å². The predicted molar refractivity (Wildman–Crippen MR) is 26.0 cm³/mol. The van der Waals surface area contributed by atoms with Crippen LogP contribution in [0.3, 0.4) is 0 Å². The Balaban J connectivity index is 0.000000640. The zero-order valence-electron chi connectivity index (χ0n) is 4.53. The van der Waals surface area contributed by atoms with Crippen LogP contribution in [0.25, 0.3) is 0 Å². The van der Waals surface area contributed by atoms with Gasteiger partial charge in [0.2, 0.25) is 0 Å². The van der Waals surface area contributed by atoms with E-state index < -0.39 is 11.5 Å². The summed E-state index contributed by atoms with van der Waals surface area (Å²) in [4.78, 5) is 0. The average Bonchev–Trinajstić information content (AvgIpc) is 1.77. The smallest absolute Gasteiger partial charge is 0.873 e. The van der Waals surface area contributed by atoms with Crippen molar-refractivity contribution in [1.82, 2.24) is 0 Å². The van der Waals surface area contributed by atoms with Crippen LogP contribution in [0.1, 0.15) is 0 Å². The Morgan fingerprint density at radius 1 is 0.889 bits per heavy atom. The van der Waals surface area contributed by atoms with E-state index in [9.17, 15) is 10.2 Å². The summed E-state index contributed by atoms with van der Waals surface area (Å²) in [5.41, 5.74) is 0. The van der Waals surface area contributed by atoms with E-state index in [4.69, 9.17) is 0 Å². The number of benzene rings is 1. The number of hydrogen-bond donors (Lipinski definition) is 0. The van der Waals surface area contributed by atoms with Gasteiger partial charge in [0.1, 0.15) is 0 Å². The van der Waals surface area contributed by atoms with Crippen LogP contribution in [0.2, 0.25) is 0 Å². The van der Waals surface area contributed by atoms with Crippen molar-refractivity contribution in [3.05, 3.63) is 24.3 Å². The van der Waals surface area contributed by atoms with E-state index in [1.54, 1.807) is 12.1 Å². The zero-order chi connectivity index (χ0) is 5.98. The lowest BCUT2D eigenvalue weighted by molar-refractivity contribution is -0.317. The van der Waals surface area contributed by atoms with Crippen molar-refractivity contribution in [2.75, 3.05) is 0 Å². The minimum atomic E-state index is -0.437. The Bertz CT molecular complexity index is 164. The first-order valence-corrected chi connectivity index (χ1v) is 2.24. The maximum Gasteiger partial charge on any atom is 2.00 e. The van der Waals surface area contributed by atoms with Gasteiger partial charge in [-0.2, -0.15) is 0 Å². The van der Waals surface area contributed by atoms with Gasteiger partial charge in [0.05, 0.1) is 0 Å². The monoisotopic (exact) mass is 124 g/mol. The molecule has 0 aromatic heterocycles. The van der Waals surface area contributed by atoms with Crippen LogP contribution in [0, 0.1) is 0 Å². The van der Waals surface area contributed by atoms with Gasteiger partial charge in [0.15, 0.2) is 0 Å². The van der Waals surface area contributed by atoms with Crippen LogP contribution in [0.4, 0.5) is 0 Å². The molecular formula is C6H4O3. The predicted octanol–water partition coefficient (Wildman–Crippen LogP) is -0.285. The molecule has 3 nitrogen and oxygen atoms in total. The Hall–Kier alpha value is -1.22. The van der Waals surface area contributed by atoms with Crippen LogP contribution >= 0.6 is 0 Å². The lowest BCUT2D eigenvalue weighted by atomic mass is 10.3. The fourth-order valence-corrected chi connectivity index (χ4v) is 0.450. The molecule has 46 valence electrons. The lowest BCUT2D eigenvalue weighted by Gasteiger charge is -2.15. The third-order valence-corrected chi connectivity index (χ3v) is 0.849. The van der Waals surface area contributed by atoms with Crippen molar-refractivity contribution in [3.63, 3.8) is 0 Å². The molecule has 9 heavy (non-hydrogen) atoms. The summed E-state index contributed by atoms with van der Waals surface area (Å²) >= 11 is 0. The summed E-state index contributed by atoms with van der Waals surface area (Å²) in [7, 11) is 0.